The Morgan fingerprint density at radius 3 is 2.89 bits per heavy atom. The predicted molar refractivity (Wildman–Crippen MR) is 72.5 cm³/mol. The van der Waals surface area contributed by atoms with Crippen molar-refractivity contribution >= 4 is 11.7 Å². The number of Topliss-reactive ketones (excluding diaryl/α,β-unsaturated/α-hetero) is 1. The maximum Gasteiger partial charge on any atom is 0.260 e. The summed E-state index contributed by atoms with van der Waals surface area (Å²) in [5.74, 6) is 0.817. The van der Waals surface area contributed by atoms with Gasteiger partial charge in [0.25, 0.3) is 5.91 Å². The lowest BCUT2D eigenvalue weighted by molar-refractivity contribution is -0.131. The van der Waals surface area contributed by atoms with Crippen molar-refractivity contribution in [3.63, 3.8) is 0 Å². The Kier molecular flexibility index (Phi) is 4.20. The maximum atomic E-state index is 11.7. The van der Waals surface area contributed by atoms with Crippen molar-refractivity contribution < 1.29 is 14.3 Å². The van der Waals surface area contributed by atoms with E-state index < -0.39 is 0 Å². The first kappa shape index (κ1) is 13.6. The molecular weight excluding hydrogens is 242 g/mol. The van der Waals surface area contributed by atoms with Crippen LogP contribution in [0.1, 0.15) is 35.7 Å². The SMILES string of the molecule is CCN(C)C(=O)COc1ccc2c(c1)CCCC2=O. The molecule has 0 heterocycles. The van der Waals surface area contributed by atoms with Gasteiger partial charge in [0.2, 0.25) is 0 Å². The summed E-state index contributed by atoms with van der Waals surface area (Å²) in [7, 11) is 1.75. The number of carbonyl (C=O) groups excluding carboxylic acids is 2. The lowest BCUT2D eigenvalue weighted by atomic mass is 9.91. The molecule has 19 heavy (non-hydrogen) atoms. The van der Waals surface area contributed by atoms with Crippen LogP contribution in [0.25, 0.3) is 0 Å². The third-order valence-corrected chi connectivity index (χ3v) is 3.49. The molecule has 0 aliphatic heterocycles. The number of nitrogens with zero attached hydrogens (tertiary/aromatic N) is 1. The summed E-state index contributed by atoms with van der Waals surface area (Å²) in [6.07, 6.45) is 2.43. The molecule has 4 nitrogen and oxygen atoms in total. The number of amides is 1. The molecule has 0 saturated heterocycles. The standard InChI is InChI=1S/C15H19NO3/c1-3-16(2)15(18)10-19-12-7-8-13-11(9-12)5-4-6-14(13)17/h7-9H,3-6,10H2,1-2H3. The van der Waals surface area contributed by atoms with Gasteiger partial charge in [0.1, 0.15) is 5.75 Å². The van der Waals surface area contributed by atoms with Gasteiger partial charge in [-0.25, -0.2) is 0 Å². The van der Waals surface area contributed by atoms with Gasteiger partial charge in [-0.1, -0.05) is 0 Å². The zero-order valence-corrected chi connectivity index (χ0v) is 11.4. The number of fused-ring (bicyclic) bond motifs is 1. The lowest BCUT2D eigenvalue weighted by Crippen LogP contribution is -2.31. The number of ketones is 1. The van der Waals surface area contributed by atoms with Crippen molar-refractivity contribution in [1.29, 1.82) is 0 Å². The van der Waals surface area contributed by atoms with E-state index in [0.717, 1.165) is 24.0 Å². The highest BCUT2D eigenvalue weighted by molar-refractivity contribution is 5.98. The third kappa shape index (κ3) is 3.13. The highest BCUT2D eigenvalue weighted by Crippen LogP contribution is 2.25. The molecule has 0 atom stereocenters. The molecule has 0 saturated carbocycles. The Morgan fingerprint density at radius 2 is 2.16 bits per heavy atom. The molecule has 4 heteroatoms. The minimum Gasteiger partial charge on any atom is -0.484 e. The number of rotatable bonds is 4. The largest absolute Gasteiger partial charge is 0.484 e. The van der Waals surface area contributed by atoms with E-state index in [2.05, 4.69) is 0 Å². The molecule has 0 unspecified atom stereocenters. The van der Waals surface area contributed by atoms with Crippen molar-refractivity contribution in [3.05, 3.63) is 29.3 Å². The van der Waals surface area contributed by atoms with Gasteiger partial charge < -0.3 is 9.64 Å². The Hall–Kier alpha value is -1.84. The van der Waals surface area contributed by atoms with Crippen LogP contribution in [0.5, 0.6) is 5.75 Å². The summed E-state index contributed by atoms with van der Waals surface area (Å²) in [6, 6.07) is 5.45. The molecule has 1 aliphatic rings. The smallest absolute Gasteiger partial charge is 0.260 e. The topological polar surface area (TPSA) is 46.6 Å². The first-order chi connectivity index (χ1) is 9.11. The average molecular weight is 261 g/mol. The molecule has 0 spiro atoms. The van der Waals surface area contributed by atoms with Crippen LogP contribution in [0, 0.1) is 0 Å². The van der Waals surface area contributed by atoms with Crippen LogP contribution in [-0.4, -0.2) is 36.8 Å². The number of carbonyl (C=O) groups is 2. The molecule has 1 amide bonds. The third-order valence-electron chi connectivity index (χ3n) is 3.49. The van der Waals surface area contributed by atoms with Gasteiger partial charge in [0.05, 0.1) is 0 Å². The fraction of sp³-hybridized carbons (Fsp3) is 0.467. The minimum absolute atomic E-state index is 0.0388. The van der Waals surface area contributed by atoms with Crippen molar-refractivity contribution in [2.75, 3.05) is 20.2 Å². The number of hydrogen-bond donors (Lipinski definition) is 0. The Labute approximate surface area is 113 Å². The Bertz CT molecular complexity index is 496. The summed E-state index contributed by atoms with van der Waals surface area (Å²) in [6.45, 7) is 2.63. The highest BCUT2D eigenvalue weighted by Gasteiger charge is 2.17. The van der Waals surface area contributed by atoms with Crippen LogP contribution in [0.2, 0.25) is 0 Å². The number of benzene rings is 1. The summed E-state index contributed by atoms with van der Waals surface area (Å²) in [5.41, 5.74) is 1.83. The second-order valence-electron chi connectivity index (χ2n) is 4.79. The first-order valence-electron chi connectivity index (χ1n) is 6.64. The molecule has 1 aliphatic carbocycles. The molecule has 1 aromatic rings. The molecule has 102 valence electrons. The quantitative estimate of drug-likeness (QED) is 0.833. The van der Waals surface area contributed by atoms with E-state index in [1.165, 1.54) is 0 Å². The van der Waals surface area contributed by atoms with Crippen molar-refractivity contribution in [3.8, 4) is 5.75 Å². The minimum atomic E-state index is -0.0451. The molecule has 1 aromatic carbocycles. The van der Waals surface area contributed by atoms with Gasteiger partial charge in [-0.2, -0.15) is 0 Å². The number of ether oxygens (including phenoxy) is 1. The molecular formula is C15H19NO3. The zero-order valence-electron chi connectivity index (χ0n) is 11.4. The van der Waals surface area contributed by atoms with E-state index in [1.807, 2.05) is 13.0 Å². The van der Waals surface area contributed by atoms with Gasteiger partial charge in [0.15, 0.2) is 12.4 Å². The molecule has 0 radical (unpaired) electrons. The van der Waals surface area contributed by atoms with E-state index in [9.17, 15) is 9.59 Å². The maximum absolute atomic E-state index is 11.7. The van der Waals surface area contributed by atoms with E-state index >= 15 is 0 Å². The molecule has 0 bridgehead atoms. The van der Waals surface area contributed by atoms with Crippen molar-refractivity contribution in [2.24, 2.45) is 0 Å². The first-order valence-corrected chi connectivity index (χ1v) is 6.64. The number of likely N-dealkylation sites (N-methyl/N-ethyl adjacent to an activating group) is 1. The molecule has 0 aromatic heterocycles. The van der Waals surface area contributed by atoms with Crippen molar-refractivity contribution in [1.82, 2.24) is 4.90 Å². The highest BCUT2D eigenvalue weighted by atomic mass is 16.5. The number of aryl methyl sites for hydroxylation is 1. The Morgan fingerprint density at radius 1 is 1.37 bits per heavy atom. The van der Waals surface area contributed by atoms with Crippen LogP contribution in [0.15, 0.2) is 18.2 Å². The number of hydrogen-bond acceptors (Lipinski definition) is 3. The molecule has 0 fully saturated rings. The van der Waals surface area contributed by atoms with Crippen LogP contribution in [0.4, 0.5) is 0 Å². The van der Waals surface area contributed by atoms with Gasteiger partial charge in [-0.3, -0.25) is 9.59 Å². The van der Waals surface area contributed by atoms with Crippen LogP contribution in [-0.2, 0) is 11.2 Å². The summed E-state index contributed by atoms with van der Waals surface area (Å²) >= 11 is 0. The fourth-order valence-electron chi connectivity index (χ4n) is 2.14. The van der Waals surface area contributed by atoms with E-state index in [4.69, 9.17) is 4.74 Å². The Balaban J connectivity index is 2.03. The van der Waals surface area contributed by atoms with E-state index in [1.54, 1.807) is 24.1 Å². The lowest BCUT2D eigenvalue weighted by Gasteiger charge is -2.17. The van der Waals surface area contributed by atoms with Gasteiger partial charge >= 0.3 is 0 Å². The van der Waals surface area contributed by atoms with Crippen LogP contribution >= 0.6 is 0 Å². The van der Waals surface area contributed by atoms with Gasteiger partial charge in [-0.05, 0) is 43.5 Å². The van der Waals surface area contributed by atoms with E-state index in [0.29, 0.717) is 18.7 Å². The normalized spacial score (nSPS) is 13.9. The summed E-state index contributed by atoms with van der Waals surface area (Å²) in [4.78, 5) is 24.9. The van der Waals surface area contributed by atoms with Gasteiger partial charge in [-0.15, -0.1) is 0 Å². The zero-order chi connectivity index (χ0) is 13.8. The predicted octanol–water partition coefficient (Wildman–Crippen LogP) is 2.06. The van der Waals surface area contributed by atoms with E-state index in [-0.39, 0.29) is 18.3 Å². The fourth-order valence-corrected chi connectivity index (χ4v) is 2.14. The van der Waals surface area contributed by atoms with Gasteiger partial charge in [0, 0.05) is 25.6 Å². The van der Waals surface area contributed by atoms with Crippen molar-refractivity contribution in [2.45, 2.75) is 26.2 Å². The molecule has 0 N–H and O–H groups in total. The summed E-state index contributed by atoms with van der Waals surface area (Å²) in [5, 5.41) is 0. The molecule has 2 rings (SSSR count). The monoisotopic (exact) mass is 261 g/mol. The average Bonchev–Trinajstić information content (AvgIpc) is 2.44. The second-order valence-corrected chi connectivity index (χ2v) is 4.79. The van der Waals surface area contributed by atoms with Crippen LogP contribution < -0.4 is 4.74 Å². The summed E-state index contributed by atoms with van der Waals surface area (Å²) < 4.78 is 5.49. The van der Waals surface area contributed by atoms with Crippen LogP contribution in [0.3, 0.4) is 0 Å². The second kappa shape index (κ2) is 5.87.